The molecule has 0 aromatic heterocycles. The minimum atomic E-state index is -0.529. The number of carbonyl (C=O) groups excluding carboxylic acids is 3. The van der Waals surface area contributed by atoms with Crippen molar-refractivity contribution in [2.24, 2.45) is 0 Å². The minimum Gasteiger partial charge on any atom is -0.497 e. The number of benzene rings is 2. The lowest BCUT2D eigenvalue weighted by molar-refractivity contribution is -0.135. The first-order chi connectivity index (χ1) is 18.3. The highest BCUT2D eigenvalue weighted by molar-refractivity contribution is 5.99. The van der Waals surface area contributed by atoms with E-state index in [1.54, 1.807) is 32.4 Å². The number of cyclic esters (lactones) is 1. The van der Waals surface area contributed by atoms with E-state index >= 15 is 0 Å². The van der Waals surface area contributed by atoms with Crippen molar-refractivity contribution in [3.63, 3.8) is 0 Å². The summed E-state index contributed by atoms with van der Waals surface area (Å²) in [6.45, 7) is 1.82. The van der Waals surface area contributed by atoms with Crippen LogP contribution < -0.4 is 18.9 Å². The van der Waals surface area contributed by atoms with E-state index in [0.29, 0.717) is 66.2 Å². The Morgan fingerprint density at radius 1 is 0.895 bits per heavy atom. The fourth-order valence-corrected chi connectivity index (χ4v) is 5.03. The van der Waals surface area contributed by atoms with Gasteiger partial charge in [0.1, 0.15) is 34.3 Å². The summed E-state index contributed by atoms with van der Waals surface area (Å²) in [6, 6.07) is 7.11. The highest BCUT2D eigenvalue weighted by Gasteiger charge is 2.36. The second-order valence-electron chi connectivity index (χ2n) is 9.60. The van der Waals surface area contributed by atoms with Crippen LogP contribution in [0, 0.1) is 0 Å². The van der Waals surface area contributed by atoms with Gasteiger partial charge in [-0.1, -0.05) is 12.2 Å². The standard InChI is InChI=1S/C30H34O8/c1-18-9-8-12-21(31)11-7-5-6-10-19-15-25-28(29(36-4)27(19)30(33)37-18)24(17-26(32)38-25)20-13-22(34-2)16-23(14-20)35-3/h6,10,13-16,18,24H,5,7-9,11-12,17H2,1-4H3/t18-,24+/m1/s1. The lowest BCUT2D eigenvalue weighted by Crippen LogP contribution is -2.24. The van der Waals surface area contributed by atoms with E-state index in [2.05, 4.69) is 0 Å². The largest absolute Gasteiger partial charge is 0.497 e. The maximum Gasteiger partial charge on any atom is 0.342 e. The van der Waals surface area contributed by atoms with Crippen molar-refractivity contribution < 1.29 is 38.1 Å². The Kier molecular flexibility index (Phi) is 8.71. The molecular formula is C30H34O8. The first-order valence-electron chi connectivity index (χ1n) is 12.9. The molecule has 4 rings (SSSR count). The Bertz CT molecular complexity index is 1220. The predicted octanol–water partition coefficient (Wildman–Crippen LogP) is 5.64. The van der Waals surface area contributed by atoms with Crippen molar-refractivity contribution in [2.45, 2.75) is 63.9 Å². The van der Waals surface area contributed by atoms with Crippen molar-refractivity contribution in [3.8, 4) is 23.0 Å². The summed E-state index contributed by atoms with van der Waals surface area (Å²) in [5, 5.41) is 0. The van der Waals surface area contributed by atoms with Gasteiger partial charge < -0.3 is 23.7 Å². The molecule has 0 N–H and O–H groups in total. The third-order valence-corrected chi connectivity index (χ3v) is 6.94. The van der Waals surface area contributed by atoms with Crippen LogP contribution in [0.15, 0.2) is 30.3 Å². The van der Waals surface area contributed by atoms with Crippen LogP contribution in [0.4, 0.5) is 0 Å². The van der Waals surface area contributed by atoms with Crippen LogP contribution in [0.5, 0.6) is 23.0 Å². The highest BCUT2D eigenvalue weighted by atomic mass is 16.5. The topological polar surface area (TPSA) is 97.4 Å². The van der Waals surface area contributed by atoms with Crippen LogP contribution >= 0.6 is 0 Å². The van der Waals surface area contributed by atoms with Gasteiger partial charge in [-0.25, -0.2) is 4.79 Å². The third-order valence-electron chi connectivity index (χ3n) is 6.94. The van der Waals surface area contributed by atoms with Crippen molar-refractivity contribution in [3.05, 3.63) is 52.6 Å². The number of esters is 2. The van der Waals surface area contributed by atoms with Gasteiger partial charge in [0.05, 0.1) is 33.9 Å². The van der Waals surface area contributed by atoms with E-state index in [1.165, 1.54) is 7.11 Å². The van der Waals surface area contributed by atoms with Crippen LogP contribution in [-0.2, 0) is 14.3 Å². The normalized spacial score (nSPS) is 20.4. The Balaban J connectivity index is 1.88. The van der Waals surface area contributed by atoms with E-state index in [-0.39, 0.29) is 23.9 Å². The summed E-state index contributed by atoms with van der Waals surface area (Å²) in [4.78, 5) is 38.4. The Morgan fingerprint density at radius 2 is 1.61 bits per heavy atom. The van der Waals surface area contributed by atoms with Gasteiger partial charge in [0.2, 0.25) is 0 Å². The molecule has 38 heavy (non-hydrogen) atoms. The zero-order valence-corrected chi connectivity index (χ0v) is 22.3. The fraction of sp³-hybridized carbons (Fsp3) is 0.433. The Hall–Kier alpha value is -3.81. The van der Waals surface area contributed by atoms with Crippen molar-refractivity contribution in [2.75, 3.05) is 21.3 Å². The van der Waals surface area contributed by atoms with E-state index in [0.717, 1.165) is 12.0 Å². The molecule has 0 unspecified atom stereocenters. The predicted molar refractivity (Wildman–Crippen MR) is 141 cm³/mol. The molecule has 0 saturated heterocycles. The van der Waals surface area contributed by atoms with Crippen LogP contribution in [0.25, 0.3) is 6.08 Å². The van der Waals surface area contributed by atoms with Crippen LogP contribution in [-0.4, -0.2) is 45.2 Å². The number of carbonyl (C=O) groups is 3. The number of allylic oxidation sites excluding steroid dienone is 1. The van der Waals surface area contributed by atoms with Gasteiger partial charge in [-0.15, -0.1) is 0 Å². The lowest BCUT2D eigenvalue weighted by atomic mass is 9.83. The molecule has 0 bridgehead atoms. The first kappa shape index (κ1) is 27.2. The maximum atomic E-state index is 13.6. The number of ether oxygens (including phenoxy) is 5. The summed E-state index contributed by atoms with van der Waals surface area (Å²) < 4.78 is 28.3. The second kappa shape index (κ2) is 12.2. The number of Topliss-reactive ketones (excluding diaryl/α,β-unsaturated/α-hetero) is 1. The van der Waals surface area contributed by atoms with Gasteiger partial charge in [-0.2, -0.15) is 0 Å². The van der Waals surface area contributed by atoms with Crippen molar-refractivity contribution >= 4 is 23.8 Å². The molecular weight excluding hydrogens is 488 g/mol. The van der Waals surface area contributed by atoms with Crippen molar-refractivity contribution in [1.29, 1.82) is 0 Å². The molecule has 0 radical (unpaired) electrons. The number of methoxy groups -OCH3 is 3. The number of fused-ring (bicyclic) bond motifs is 2. The average molecular weight is 523 g/mol. The average Bonchev–Trinajstić information content (AvgIpc) is 2.90. The van der Waals surface area contributed by atoms with E-state index in [4.69, 9.17) is 23.7 Å². The van der Waals surface area contributed by atoms with Gasteiger partial charge >= 0.3 is 11.9 Å². The fourth-order valence-electron chi connectivity index (χ4n) is 5.03. The van der Waals surface area contributed by atoms with Crippen LogP contribution in [0.2, 0.25) is 0 Å². The number of hydrogen-bond donors (Lipinski definition) is 0. The second-order valence-corrected chi connectivity index (χ2v) is 9.60. The molecule has 202 valence electrons. The number of ketones is 1. The molecule has 0 aliphatic carbocycles. The van der Waals surface area contributed by atoms with Gasteiger partial charge in [-0.05, 0) is 61.9 Å². The van der Waals surface area contributed by atoms with Gasteiger partial charge in [0.15, 0.2) is 0 Å². The third kappa shape index (κ3) is 6.01. The van der Waals surface area contributed by atoms with Gasteiger partial charge in [-0.3, -0.25) is 9.59 Å². The molecule has 2 atom stereocenters. The van der Waals surface area contributed by atoms with Crippen molar-refractivity contribution in [1.82, 2.24) is 0 Å². The Labute approximate surface area is 222 Å². The van der Waals surface area contributed by atoms with Crippen LogP contribution in [0.3, 0.4) is 0 Å². The minimum absolute atomic E-state index is 0.0494. The maximum absolute atomic E-state index is 13.6. The molecule has 2 aromatic rings. The monoisotopic (exact) mass is 522 g/mol. The summed E-state index contributed by atoms with van der Waals surface area (Å²) >= 11 is 0. The molecule has 8 nitrogen and oxygen atoms in total. The van der Waals surface area contributed by atoms with E-state index in [1.807, 2.05) is 25.1 Å². The molecule has 0 saturated carbocycles. The van der Waals surface area contributed by atoms with Gasteiger partial charge in [0, 0.05) is 30.4 Å². The van der Waals surface area contributed by atoms with Gasteiger partial charge in [0.25, 0.3) is 0 Å². The lowest BCUT2D eigenvalue weighted by Gasteiger charge is -2.29. The molecule has 8 heteroatoms. The summed E-state index contributed by atoms with van der Waals surface area (Å²) in [7, 11) is 4.61. The Morgan fingerprint density at radius 3 is 2.29 bits per heavy atom. The molecule has 0 spiro atoms. The molecule has 0 fully saturated rings. The molecule has 2 aliphatic rings. The van der Waals surface area contributed by atoms with E-state index < -0.39 is 17.9 Å². The number of hydrogen-bond acceptors (Lipinski definition) is 8. The molecule has 2 aliphatic heterocycles. The zero-order chi connectivity index (χ0) is 27.2. The van der Waals surface area contributed by atoms with E-state index in [9.17, 15) is 14.4 Å². The quantitative estimate of drug-likeness (QED) is 0.376. The summed E-state index contributed by atoms with van der Waals surface area (Å²) in [5.41, 5.74) is 2.16. The summed E-state index contributed by atoms with van der Waals surface area (Å²) in [6.07, 6.45) is 7.01. The SMILES string of the molecule is COc1cc(OC)cc([C@@H]2CC(=O)Oc3cc4c(c(OC)c32)C(=O)O[C@H](C)CCCC(=O)CCCC=C4)c1. The molecule has 2 aromatic carbocycles. The molecule has 0 amide bonds. The zero-order valence-electron chi connectivity index (χ0n) is 22.3. The molecule has 2 heterocycles. The number of rotatable bonds is 4. The van der Waals surface area contributed by atoms with Crippen LogP contribution in [0.1, 0.15) is 84.8 Å². The first-order valence-corrected chi connectivity index (χ1v) is 12.9. The summed E-state index contributed by atoms with van der Waals surface area (Å²) in [5.74, 6) is 0.607. The smallest absolute Gasteiger partial charge is 0.342 e. The highest BCUT2D eigenvalue weighted by Crippen LogP contribution is 2.48.